The second-order valence-corrected chi connectivity index (χ2v) is 10.6. The van der Waals surface area contributed by atoms with E-state index in [4.69, 9.17) is 24.7 Å². The van der Waals surface area contributed by atoms with Crippen LogP contribution in [-0.2, 0) is 18.3 Å². The smallest absolute Gasteiger partial charge is 0.239 e. The number of nitrogens with zero attached hydrogens (tertiary/aromatic N) is 9. The maximum Gasteiger partial charge on any atom is 0.239 e. The summed E-state index contributed by atoms with van der Waals surface area (Å²) >= 11 is 0. The number of anilines is 1. The molecule has 0 unspecified atom stereocenters. The number of aryl methyl sites for hydroxylation is 2. The SMILES string of the molecule is Cc1nc2ccccc2n1-c1nc(N2CCOCC2)c2nc(CN3CC(N4CCCCC4)C3)n(C)c2n1. The van der Waals surface area contributed by atoms with Gasteiger partial charge in [0, 0.05) is 39.3 Å². The highest BCUT2D eigenvalue weighted by Crippen LogP contribution is 2.29. The number of fused-ring (bicyclic) bond motifs is 2. The summed E-state index contributed by atoms with van der Waals surface area (Å²) in [5.41, 5.74) is 3.70. The van der Waals surface area contributed by atoms with Gasteiger partial charge in [-0.25, -0.2) is 9.97 Å². The summed E-state index contributed by atoms with van der Waals surface area (Å²) in [4.78, 5) is 27.5. The van der Waals surface area contributed by atoms with Gasteiger partial charge in [0.25, 0.3) is 0 Å². The molecule has 0 spiro atoms. The van der Waals surface area contributed by atoms with Crippen molar-refractivity contribution < 1.29 is 4.74 Å². The molecule has 1 aromatic carbocycles. The van der Waals surface area contributed by atoms with Crippen LogP contribution in [0.1, 0.15) is 30.9 Å². The lowest BCUT2D eigenvalue weighted by atomic mass is 10.0. The third-order valence-corrected chi connectivity index (χ3v) is 8.23. The van der Waals surface area contributed by atoms with E-state index in [9.17, 15) is 0 Å². The van der Waals surface area contributed by atoms with Crippen molar-refractivity contribution in [2.24, 2.45) is 7.05 Å². The lowest BCUT2D eigenvalue weighted by molar-refractivity contribution is 0.0168. The van der Waals surface area contributed by atoms with Crippen LogP contribution in [-0.4, -0.2) is 97.4 Å². The normalized spacial score (nSPS) is 20.2. The van der Waals surface area contributed by atoms with E-state index < -0.39 is 0 Å². The molecule has 3 aliphatic heterocycles. The molecule has 0 aliphatic carbocycles. The largest absolute Gasteiger partial charge is 0.378 e. The number of para-hydroxylation sites is 2. The van der Waals surface area contributed by atoms with Crippen molar-refractivity contribution in [2.75, 3.05) is 57.4 Å². The van der Waals surface area contributed by atoms with Crippen molar-refractivity contribution in [1.29, 1.82) is 0 Å². The number of likely N-dealkylation sites (tertiary alicyclic amines) is 2. The Balaban J connectivity index is 1.25. The van der Waals surface area contributed by atoms with Gasteiger partial charge in [-0.3, -0.25) is 14.4 Å². The highest BCUT2D eigenvalue weighted by molar-refractivity contribution is 5.86. The number of benzene rings is 1. The minimum Gasteiger partial charge on any atom is -0.378 e. The van der Waals surface area contributed by atoms with E-state index in [1.54, 1.807) is 0 Å². The molecule has 10 heteroatoms. The molecular weight excluding hydrogens is 466 g/mol. The van der Waals surface area contributed by atoms with Gasteiger partial charge >= 0.3 is 0 Å². The first kappa shape index (κ1) is 23.1. The van der Waals surface area contributed by atoms with E-state index in [1.165, 1.54) is 32.4 Å². The van der Waals surface area contributed by atoms with Crippen LogP contribution in [0.2, 0.25) is 0 Å². The van der Waals surface area contributed by atoms with Crippen molar-refractivity contribution in [2.45, 2.75) is 38.8 Å². The van der Waals surface area contributed by atoms with Crippen molar-refractivity contribution in [1.82, 2.24) is 38.9 Å². The standard InChI is InChI=1S/C27H35N9O/c1-19-28-21-8-4-5-9-22(21)36(19)27-30-25-24(26(31-27)35-12-14-37-15-13-35)29-23(32(25)2)18-33-16-20(17-33)34-10-6-3-7-11-34/h4-5,8-9,20H,3,6-7,10-18H2,1-2H3. The molecule has 3 saturated heterocycles. The Kier molecular flexibility index (Phi) is 5.82. The van der Waals surface area contributed by atoms with Gasteiger partial charge in [-0.15, -0.1) is 0 Å². The van der Waals surface area contributed by atoms with Gasteiger partial charge in [0.1, 0.15) is 11.6 Å². The third-order valence-electron chi connectivity index (χ3n) is 8.23. The number of aromatic nitrogens is 6. The van der Waals surface area contributed by atoms with E-state index in [-0.39, 0.29) is 0 Å². The first-order valence-electron chi connectivity index (χ1n) is 13.6. The summed E-state index contributed by atoms with van der Waals surface area (Å²) in [5.74, 6) is 3.45. The van der Waals surface area contributed by atoms with Gasteiger partial charge in [-0.1, -0.05) is 18.6 Å². The molecular formula is C27H35N9O. The van der Waals surface area contributed by atoms with Crippen molar-refractivity contribution in [3.8, 4) is 5.95 Å². The van der Waals surface area contributed by atoms with Gasteiger partial charge in [-0.05, 0) is 45.0 Å². The summed E-state index contributed by atoms with van der Waals surface area (Å²) in [7, 11) is 2.09. The molecule has 0 amide bonds. The second kappa shape index (κ2) is 9.34. The van der Waals surface area contributed by atoms with Crippen LogP contribution in [0, 0.1) is 6.92 Å². The molecule has 7 rings (SSSR count). The molecule has 3 aromatic heterocycles. The number of hydrogen-bond acceptors (Lipinski definition) is 8. The molecule has 0 N–H and O–H groups in total. The van der Waals surface area contributed by atoms with Crippen LogP contribution >= 0.6 is 0 Å². The highest BCUT2D eigenvalue weighted by atomic mass is 16.5. The molecule has 194 valence electrons. The zero-order valence-corrected chi connectivity index (χ0v) is 21.8. The third kappa shape index (κ3) is 4.07. The lowest BCUT2D eigenvalue weighted by Gasteiger charge is -2.46. The topological polar surface area (TPSA) is 80.4 Å². The van der Waals surface area contributed by atoms with E-state index >= 15 is 0 Å². The fraction of sp³-hybridized carbons (Fsp3) is 0.556. The van der Waals surface area contributed by atoms with Gasteiger partial charge in [0.15, 0.2) is 17.0 Å². The predicted octanol–water partition coefficient (Wildman–Crippen LogP) is 2.52. The molecule has 37 heavy (non-hydrogen) atoms. The summed E-state index contributed by atoms with van der Waals surface area (Å²) < 4.78 is 9.86. The zero-order valence-electron chi connectivity index (χ0n) is 21.8. The molecule has 0 radical (unpaired) electrons. The molecule has 10 nitrogen and oxygen atoms in total. The summed E-state index contributed by atoms with van der Waals surface area (Å²) in [6, 6.07) is 8.86. The average molecular weight is 502 g/mol. The average Bonchev–Trinajstić information content (AvgIpc) is 3.41. The van der Waals surface area contributed by atoms with Crippen molar-refractivity contribution in [3.05, 3.63) is 35.9 Å². The summed E-state index contributed by atoms with van der Waals surface area (Å²) in [6.45, 7) is 10.6. The van der Waals surface area contributed by atoms with E-state index in [0.717, 1.165) is 72.4 Å². The van der Waals surface area contributed by atoms with Crippen LogP contribution in [0.5, 0.6) is 0 Å². The lowest BCUT2D eigenvalue weighted by Crippen LogP contribution is -2.59. The summed E-state index contributed by atoms with van der Waals surface area (Å²) in [6.07, 6.45) is 4.08. The zero-order chi connectivity index (χ0) is 24.9. The van der Waals surface area contributed by atoms with E-state index in [2.05, 4.69) is 36.9 Å². The number of ether oxygens (including phenoxy) is 1. The van der Waals surface area contributed by atoms with Crippen LogP contribution in [0.3, 0.4) is 0 Å². The Morgan fingerprint density at radius 2 is 1.70 bits per heavy atom. The first-order chi connectivity index (χ1) is 18.2. The molecule has 0 bridgehead atoms. The van der Waals surface area contributed by atoms with Crippen molar-refractivity contribution >= 4 is 28.0 Å². The molecule has 3 aliphatic rings. The minimum absolute atomic E-state index is 0.642. The second-order valence-electron chi connectivity index (χ2n) is 10.6. The fourth-order valence-corrected chi connectivity index (χ4v) is 6.10. The monoisotopic (exact) mass is 501 g/mol. The fourth-order valence-electron chi connectivity index (χ4n) is 6.10. The van der Waals surface area contributed by atoms with Crippen LogP contribution < -0.4 is 4.90 Å². The highest BCUT2D eigenvalue weighted by Gasteiger charge is 2.33. The van der Waals surface area contributed by atoms with Gasteiger partial charge in [-0.2, -0.15) is 9.97 Å². The number of morpholine rings is 1. The molecule has 3 fully saturated rings. The van der Waals surface area contributed by atoms with Crippen LogP contribution in [0.4, 0.5) is 5.82 Å². The number of hydrogen-bond donors (Lipinski definition) is 0. The molecule has 0 saturated carbocycles. The summed E-state index contributed by atoms with van der Waals surface area (Å²) in [5, 5.41) is 0. The minimum atomic E-state index is 0.642. The quantitative estimate of drug-likeness (QED) is 0.413. The Morgan fingerprint density at radius 1 is 0.919 bits per heavy atom. The van der Waals surface area contributed by atoms with Crippen molar-refractivity contribution in [3.63, 3.8) is 0 Å². The van der Waals surface area contributed by atoms with Gasteiger partial charge < -0.3 is 14.2 Å². The Morgan fingerprint density at radius 3 is 2.51 bits per heavy atom. The van der Waals surface area contributed by atoms with Gasteiger partial charge in [0.2, 0.25) is 5.95 Å². The molecule has 6 heterocycles. The Hall–Kier alpha value is -3.08. The number of piperidine rings is 1. The first-order valence-corrected chi connectivity index (χ1v) is 13.6. The maximum absolute atomic E-state index is 5.64. The number of imidazole rings is 2. The van der Waals surface area contributed by atoms with Crippen LogP contribution in [0.25, 0.3) is 28.1 Å². The molecule has 0 atom stereocenters. The van der Waals surface area contributed by atoms with Crippen LogP contribution in [0.15, 0.2) is 24.3 Å². The Labute approximate surface area is 216 Å². The maximum atomic E-state index is 5.64. The van der Waals surface area contributed by atoms with E-state index in [0.29, 0.717) is 25.2 Å². The predicted molar refractivity (Wildman–Crippen MR) is 143 cm³/mol. The number of rotatable bonds is 5. The van der Waals surface area contributed by atoms with Gasteiger partial charge in [0.05, 0.1) is 30.8 Å². The Bertz CT molecular complexity index is 1420. The van der Waals surface area contributed by atoms with E-state index in [1.807, 2.05) is 25.1 Å². The molecule has 4 aromatic rings.